The molecule has 1 aliphatic heterocycles. The highest BCUT2D eigenvalue weighted by Crippen LogP contribution is 2.21. The van der Waals surface area contributed by atoms with Crippen LogP contribution in [-0.4, -0.2) is 47.0 Å². The first-order valence-electron chi connectivity index (χ1n) is 6.57. The second kappa shape index (κ2) is 5.40. The van der Waals surface area contributed by atoms with Gasteiger partial charge in [-0.25, -0.2) is 0 Å². The van der Waals surface area contributed by atoms with E-state index in [1.165, 1.54) is 0 Å². The zero-order valence-electron chi connectivity index (χ0n) is 10.9. The SMILES string of the molecule is CNc1nc(NCC2CCOCC2)c2cn[nH]c2n1. The standard InChI is InChI=1S/C12H18N6O/c1-13-12-16-10(9-7-15-18-11(9)17-12)14-6-8-2-4-19-5-3-8/h7-8H,2-6H2,1H3,(H3,13,14,15,16,17,18). The largest absolute Gasteiger partial charge is 0.381 e. The van der Waals surface area contributed by atoms with Crippen molar-refractivity contribution in [1.82, 2.24) is 20.2 Å². The summed E-state index contributed by atoms with van der Waals surface area (Å²) in [7, 11) is 1.81. The van der Waals surface area contributed by atoms with Crippen molar-refractivity contribution in [2.24, 2.45) is 5.92 Å². The Labute approximate surface area is 111 Å². The molecular formula is C12H18N6O. The number of rotatable bonds is 4. The van der Waals surface area contributed by atoms with Gasteiger partial charge in [0, 0.05) is 26.8 Å². The van der Waals surface area contributed by atoms with E-state index in [0.29, 0.717) is 11.9 Å². The molecule has 7 nitrogen and oxygen atoms in total. The molecule has 3 heterocycles. The fourth-order valence-electron chi connectivity index (χ4n) is 2.27. The quantitative estimate of drug-likeness (QED) is 0.768. The maximum atomic E-state index is 5.37. The number of aromatic amines is 1. The number of anilines is 2. The van der Waals surface area contributed by atoms with Gasteiger partial charge >= 0.3 is 0 Å². The van der Waals surface area contributed by atoms with E-state index in [2.05, 4.69) is 30.8 Å². The molecule has 3 N–H and O–H groups in total. The van der Waals surface area contributed by atoms with Gasteiger partial charge in [-0.3, -0.25) is 5.10 Å². The van der Waals surface area contributed by atoms with Gasteiger partial charge < -0.3 is 15.4 Å². The number of H-pyrrole nitrogens is 1. The first kappa shape index (κ1) is 12.2. The molecular weight excluding hydrogens is 244 g/mol. The van der Waals surface area contributed by atoms with Crippen molar-refractivity contribution in [3.05, 3.63) is 6.20 Å². The highest BCUT2D eigenvalue weighted by Gasteiger charge is 2.15. The molecule has 0 spiro atoms. The lowest BCUT2D eigenvalue weighted by molar-refractivity contribution is 0.0699. The third-order valence-corrected chi connectivity index (χ3v) is 3.43. The molecule has 0 amide bonds. The van der Waals surface area contributed by atoms with Gasteiger partial charge in [0.05, 0.1) is 11.6 Å². The Kier molecular flexibility index (Phi) is 3.45. The minimum atomic E-state index is 0.589. The van der Waals surface area contributed by atoms with Crippen LogP contribution in [0.25, 0.3) is 11.0 Å². The van der Waals surface area contributed by atoms with E-state index < -0.39 is 0 Å². The summed E-state index contributed by atoms with van der Waals surface area (Å²) in [5.41, 5.74) is 0.744. The number of hydrogen-bond acceptors (Lipinski definition) is 6. The maximum Gasteiger partial charge on any atom is 0.226 e. The zero-order chi connectivity index (χ0) is 13.1. The molecule has 0 bridgehead atoms. The third kappa shape index (κ3) is 2.60. The molecule has 2 aromatic rings. The van der Waals surface area contributed by atoms with Crippen LogP contribution in [0.15, 0.2) is 6.20 Å². The van der Waals surface area contributed by atoms with Gasteiger partial charge in [-0.1, -0.05) is 0 Å². The van der Waals surface area contributed by atoms with Crippen molar-refractivity contribution in [2.45, 2.75) is 12.8 Å². The van der Waals surface area contributed by atoms with Gasteiger partial charge in [-0.2, -0.15) is 15.1 Å². The fourth-order valence-corrected chi connectivity index (χ4v) is 2.27. The number of fused-ring (bicyclic) bond motifs is 1. The number of nitrogens with one attached hydrogen (secondary N) is 3. The lowest BCUT2D eigenvalue weighted by Gasteiger charge is -2.22. The molecule has 0 radical (unpaired) electrons. The van der Waals surface area contributed by atoms with Gasteiger partial charge in [0.2, 0.25) is 5.95 Å². The summed E-state index contributed by atoms with van der Waals surface area (Å²) in [6, 6.07) is 0. The van der Waals surface area contributed by atoms with Crippen molar-refractivity contribution >= 4 is 22.8 Å². The van der Waals surface area contributed by atoms with Crippen molar-refractivity contribution in [3.63, 3.8) is 0 Å². The number of aromatic nitrogens is 4. The second-order valence-corrected chi connectivity index (χ2v) is 4.71. The van der Waals surface area contributed by atoms with Crippen LogP contribution >= 0.6 is 0 Å². The Balaban J connectivity index is 1.77. The summed E-state index contributed by atoms with van der Waals surface area (Å²) in [6.45, 7) is 2.63. The number of hydrogen-bond donors (Lipinski definition) is 3. The van der Waals surface area contributed by atoms with E-state index in [1.807, 2.05) is 0 Å². The summed E-state index contributed by atoms with van der Waals surface area (Å²) in [5.74, 6) is 2.06. The van der Waals surface area contributed by atoms with Crippen molar-refractivity contribution < 1.29 is 4.74 Å². The third-order valence-electron chi connectivity index (χ3n) is 3.43. The van der Waals surface area contributed by atoms with E-state index in [9.17, 15) is 0 Å². The summed E-state index contributed by atoms with van der Waals surface area (Å²) in [6.07, 6.45) is 3.96. The van der Waals surface area contributed by atoms with Crippen LogP contribution < -0.4 is 10.6 Å². The zero-order valence-corrected chi connectivity index (χ0v) is 10.9. The molecule has 7 heteroatoms. The Morgan fingerprint density at radius 2 is 2.21 bits per heavy atom. The van der Waals surface area contributed by atoms with E-state index >= 15 is 0 Å². The second-order valence-electron chi connectivity index (χ2n) is 4.71. The average Bonchev–Trinajstić information content (AvgIpc) is 2.94. The number of nitrogens with zero attached hydrogens (tertiary/aromatic N) is 3. The topological polar surface area (TPSA) is 87.8 Å². The highest BCUT2D eigenvalue weighted by molar-refractivity contribution is 5.86. The predicted molar refractivity (Wildman–Crippen MR) is 73.3 cm³/mol. The Hall–Kier alpha value is -1.89. The molecule has 1 saturated heterocycles. The Morgan fingerprint density at radius 1 is 1.37 bits per heavy atom. The van der Waals surface area contributed by atoms with Gasteiger partial charge in [0.25, 0.3) is 0 Å². The first-order chi connectivity index (χ1) is 9.36. The van der Waals surface area contributed by atoms with Crippen LogP contribution in [0.1, 0.15) is 12.8 Å². The Bertz CT molecular complexity index is 548. The summed E-state index contributed by atoms with van der Waals surface area (Å²) < 4.78 is 5.37. The van der Waals surface area contributed by atoms with E-state index in [-0.39, 0.29) is 0 Å². The van der Waals surface area contributed by atoms with Gasteiger partial charge in [0.15, 0.2) is 5.65 Å². The molecule has 1 aliphatic rings. The molecule has 0 saturated carbocycles. The van der Waals surface area contributed by atoms with Gasteiger partial charge in [0.1, 0.15) is 5.82 Å². The molecule has 19 heavy (non-hydrogen) atoms. The average molecular weight is 262 g/mol. The molecule has 102 valence electrons. The highest BCUT2D eigenvalue weighted by atomic mass is 16.5. The van der Waals surface area contributed by atoms with Crippen molar-refractivity contribution in [2.75, 3.05) is 37.4 Å². The minimum Gasteiger partial charge on any atom is -0.381 e. The Morgan fingerprint density at radius 3 is 3.00 bits per heavy atom. The van der Waals surface area contributed by atoms with E-state index in [1.54, 1.807) is 13.2 Å². The predicted octanol–water partition coefficient (Wildman–Crippen LogP) is 1.23. The molecule has 0 atom stereocenters. The van der Waals surface area contributed by atoms with Gasteiger partial charge in [-0.15, -0.1) is 0 Å². The van der Waals surface area contributed by atoms with Gasteiger partial charge in [-0.05, 0) is 18.8 Å². The summed E-state index contributed by atoms with van der Waals surface area (Å²) in [5, 5.41) is 14.2. The lowest BCUT2D eigenvalue weighted by Crippen LogP contribution is -2.23. The molecule has 0 aromatic carbocycles. The van der Waals surface area contributed by atoms with Crippen LogP contribution in [0.5, 0.6) is 0 Å². The van der Waals surface area contributed by atoms with Crippen LogP contribution in [0, 0.1) is 5.92 Å². The molecule has 3 rings (SSSR count). The molecule has 0 unspecified atom stereocenters. The van der Waals surface area contributed by atoms with Crippen molar-refractivity contribution in [3.8, 4) is 0 Å². The van der Waals surface area contributed by atoms with E-state index in [0.717, 1.165) is 49.5 Å². The van der Waals surface area contributed by atoms with E-state index in [4.69, 9.17) is 4.74 Å². The van der Waals surface area contributed by atoms with Crippen LogP contribution in [0.3, 0.4) is 0 Å². The number of ether oxygens (including phenoxy) is 1. The summed E-state index contributed by atoms with van der Waals surface area (Å²) >= 11 is 0. The van der Waals surface area contributed by atoms with Crippen LogP contribution in [0.2, 0.25) is 0 Å². The first-order valence-corrected chi connectivity index (χ1v) is 6.57. The van der Waals surface area contributed by atoms with Crippen molar-refractivity contribution in [1.29, 1.82) is 0 Å². The summed E-state index contributed by atoms with van der Waals surface area (Å²) in [4.78, 5) is 8.76. The monoisotopic (exact) mass is 262 g/mol. The maximum absolute atomic E-state index is 5.37. The molecule has 2 aromatic heterocycles. The molecule has 0 aliphatic carbocycles. The van der Waals surface area contributed by atoms with Crippen LogP contribution in [0.4, 0.5) is 11.8 Å². The lowest BCUT2D eigenvalue weighted by atomic mass is 10.0. The minimum absolute atomic E-state index is 0.589. The van der Waals surface area contributed by atoms with Crippen LogP contribution in [-0.2, 0) is 4.74 Å². The fraction of sp³-hybridized carbons (Fsp3) is 0.583. The normalized spacial score (nSPS) is 16.7. The molecule has 1 fully saturated rings. The smallest absolute Gasteiger partial charge is 0.226 e.